The van der Waals surface area contributed by atoms with Crippen molar-refractivity contribution in [2.45, 2.75) is 30.2 Å². The third-order valence-corrected chi connectivity index (χ3v) is 6.90. The van der Waals surface area contributed by atoms with Crippen LogP contribution in [0.2, 0.25) is 0 Å². The number of rotatable bonds is 5. The first-order valence-corrected chi connectivity index (χ1v) is 11.1. The lowest BCUT2D eigenvalue weighted by Gasteiger charge is -2.09. The summed E-state index contributed by atoms with van der Waals surface area (Å²) in [6, 6.07) is 21.5. The molecule has 0 aliphatic rings. The van der Waals surface area contributed by atoms with Crippen LogP contribution in [0.5, 0.6) is 0 Å². The van der Waals surface area contributed by atoms with E-state index >= 15 is 0 Å². The van der Waals surface area contributed by atoms with E-state index in [1.54, 1.807) is 47.2 Å². The predicted molar refractivity (Wildman–Crippen MR) is 118 cm³/mol. The molecule has 3 aromatic carbocycles. The van der Waals surface area contributed by atoms with Gasteiger partial charge in [-0.15, -0.1) is 0 Å². The number of fused-ring (bicyclic) bond motifs is 1. The molecule has 0 aliphatic carbocycles. The first-order valence-electron chi connectivity index (χ1n) is 9.61. The Morgan fingerprint density at radius 1 is 0.900 bits per heavy atom. The quantitative estimate of drug-likeness (QED) is 0.509. The maximum absolute atomic E-state index is 13.3. The Morgan fingerprint density at radius 2 is 1.57 bits per heavy atom. The summed E-state index contributed by atoms with van der Waals surface area (Å²) in [5.74, 6) is -0.218. The van der Waals surface area contributed by atoms with Crippen LogP contribution in [0.25, 0.3) is 10.9 Å². The number of nitrogens with one attached hydrogen (secondary N) is 1. The molecule has 0 saturated carbocycles. The number of para-hydroxylation sites is 2. The van der Waals surface area contributed by atoms with Crippen molar-refractivity contribution >= 4 is 32.3 Å². The number of nitrogens with zero attached hydrogens (tertiary/aromatic N) is 1. The number of benzene rings is 3. The molecule has 0 aliphatic heterocycles. The Kier molecular flexibility index (Phi) is 5.18. The fourth-order valence-corrected chi connectivity index (χ4v) is 4.94. The Hall–Kier alpha value is -3.38. The molecule has 0 spiro atoms. The number of amides is 1. The Balaban J connectivity index is 1.71. The third-order valence-electron chi connectivity index (χ3n) is 5.11. The van der Waals surface area contributed by atoms with Gasteiger partial charge in [0.05, 0.1) is 9.79 Å². The van der Waals surface area contributed by atoms with Crippen molar-refractivity contribution in [3.05, 3.63) is 90.1 Å². The number of aromatic nitrogens is 1. The molecule has 0 saturated heterocycles. The van der Waals surface area contributed by atoms with Gasteiger partial charge in [-0.3, -0.25) is 4.79 Å². The van der Waals surface area contributed by atoms with Crippen LogP contribution in [0.3, 0.4) is 0 Å². The molecular weight excluding hydrogens is 396 g/mol. The zero-order chi connectivity index (χ0) is 21.3. The molecule has 152 valence electrons. The third kappa shape index (κ3) is 3.74. The van der Waals surface area contributed by atoms with Gasteiger partial charge >= 0.3 is 0 Å². The molecule has 4 rings (SSSR count). The van der Waals surface area contributed by atoms with Crippen LogP contribution < -0.4 is 5.32 Å². The highest BCUT2D eigenvalue weighted by Crippen LogP contribution is 2.30. The largest absolute Gasteiger partial charge is 0.337 e. The second-order valence-electron chi connectivity index (χ2n) is 7.32. The van der Waals surface area contributed by atoms with E-state index in [1.807, 2.05) is 50.2 Å². The smallest absolute Gasteiger partial charge is 0.244 e. The van der Waals surface area contributed by atoms with Crippen molar-refractivity contribution in [2.75, 3.05) is 5.32 Å². The maximum atomic E-state index is 13.3. The van der Waals surface area contributed by atoms with E-state index in [-0.39, 0.29) is 22.2 Å². The maximum Gasteiger partial charge on any atom is 0.244 e. The van der Waals surface area contributed by atoms with Gasteiger partial charge in [0.1, 0.15) is 6.54 Å². The van der Waals surface area contributed by atoms with Crippen molar-refractivity contribution < 1.29 is 13.2 Å². The van der Waals surface area contributed by atoms with E-state index in [2.05, 4.69) is 5.32 Å². The molecule has 1 heterocycles. The lowest BCUT2D eigenvalue weighted by molar-refractivity contribution is -0.116. The SMILES string of the molecule is Cc1ccc(S(=O)(=O)c2cn(CC(=O)Nc3ccccc3C)c3ccccc23)cc1. The van der Waals surface area contributed by atoms with Crippen LogP contribution in [0.15, 0.2) is 88.8 Å². The highest BCUT2D eigenvalue weighted by molar-refractivity contribution is 7.91. The number of hydrogen-bond donors (Lipinski definition) is 1. The Morgan fingerprint density at radius 3 is 2.30 bits per heavy atom. The highest BCUT2D eigenvalue weighted by Gasteiger charge is 2.23. The van der Waals surface area contributed by atoms with Gasteiger partial charge in [0.25, 0.3) is 0 Å². The summed E-state index contributed by atoms with van der Waals surface area (Å²) < 4.78 is 28.2. The monoisotopic (exact) mass is 418 g/mol. The summed E-state index contributed by atoms with van der Waals surface area (Å²) in [6.07, 6.45) is 1.55. The molecule has 1 N–H and O–H groups in total. The lowest BCUT2D eigenvalue weighted by Crippen LogP contribution is -2.18. The average Bonchev–Trinajstić information content (AvgIpc) is 3.09. The van der Waals surface area contributed by atoms with Crippen LogP contribution in [-0.2, 0) is 21.2 Å². The molecule has 30 heavy (non-hydrogen) atoms. The number of carbonyl (C=O) groups is 1. The molecule has 1 aromatic heterocycles. The van der Waals surface area contributed by atoms with Crippen LogP contribution >= 0.6 is 0 Å². The van der Waals surface area contributed by atoms with Gasteiger partial charge < -0.3 is 9.88 Å². The summed E-state index contributed by atoms with van der Waals surface area (Å²) in [5.41, 5.74) is 3.39. The van der Waals surface area contributed by atoms with Gasteiger partial charge in [-0.05, 0) is 43.7 Å². The highest BCUT2D eigenvalue weighted by atomic mass is 32.2. The fourth-order valence-electron chi connectivity index (χ4n) is 3.46. The van der Waals surface area contributed by atoms with Gasteiger partial charge in [-0.1, -0.05) is 54.1 Å². The fraction of sp³-hybridized carbons (Fsp3) is 0.125. The molecule has 5 nitrogen and oxygen atoms in total. The van der Waals surface area contributed by atoms with Crippen LogP contribution in [0, 0.1) is 13.8 Å². The number of anilines is 1. The number of carbonyl (C=O) groups excluding carboxylic acids is 1. The average molecular weight is 419 g/mol. The first kappa shape index (κ1) is 19.9. The lowest BCUT2D eigenvalue weighted by atomic mass is 10.2. The summed E-state index contributed by atoms with van der Waals surface area (Å²) in [6.45, 7) is 3.85. The van der Waals surface area contributed by atoms with Crippen molar-refractivity contribution in [1.82, 2.24) is 4.57 Å². The molecule has 6 heteroatoms. The van der Waals surface area contributed by atoms with Gasteiger partial charge in [0, 0.05) is 22.8 Å². The summed E-state index contributed by atoms with van der Waals surface area (Å²) >= 11 is 0. The second kappa shape index (κ2) is 7.80. The minimum atomic E-state index is -3.72. The van der Waals surface area contributed by atoms with Crippen LogP contribution in [-0.4, -0.2) is 18.9 Å². The van der Waals surface area contributed by atoms with E-state index in [4.69, 9.17) is 0 Å². The molecule has 0 bridgehead atoms. The van der Waals surface area contributed by atoms with E-state index in [1.165, 1.54) is 0 Å². The molecule has 1 amide bonds. The molecule has 0 atom stereocenters. The van der Waals surface area contributed by atoms with E-state index in [0.717, 1.165) is 16.8 Å². The molecule has 0 radical (unpaired) electrons. The summed E-state index contributed by atoms with van der Waals surface area (Å²) in [7, 11) is -3.72. The van der Waals surface area contributed by atoms with E-state index in [0.29, 0.717) is 10.9 Å². The first-order chi connectivity index (χ1) is 14.4. The second-order valence-corrected chi connectivity index (χ2v) is 9.24. The number of hydrogen-bond acceptors (Lipinski definition) is 3. The van der Waals surface area contributed by atoms with E-state index in [9.17, 15) is 13.2 Å². The Labute approximate surface area is 175 Å². The van der Waals surface area contributed by atoms with Crippen molar-refractivity contribution in [3.63, 3.8) is 0 Å². The molecular formula is C24H22N2O3S. The van der Waals surface area contributed by atoms with Gasteiger partial charge in [-0.25, -0.2) is 8.42 Å². The van der Waals surface area contributed by atoms with Crippen molar-refractivity contribution in [2.24, 2.45) is 0 Å². The minimum Gasteiger partial charge on any atom is -0.337 e. The normalized spacial score (nSPS) is 11.5. The van der Waals surface area contributed by atoms with Gasteiger partial charge in [0.15, 0.2) is 0 Å². The standard InChI is InChI=1S/C24H22N2O3S/c1-17-11-13-19(14-12-17)30(28,29)23-15-26(22-10-6-4-8-20(22)23)16-24(27)25-21-9-5-3-7-18(21)2/h3-15H,16H2,1-2H3,(H,25,27). The number of aryl methyl sites for hydroxylation is 2. The Bertz CT molecular complexity index is 1340. The predicted octanol–water partition coefficient (Wildman–Crippen LogP) is 4.73. The van der Waals surface area contributed by atoms with E-state index < -0.39 is 9.84 Å². The minimum absolute atomic E-state index is 0.0122. The topological polar surface area (TPSA) is 68.2 Å². The molecule has 0 fully saturated rings. The van der Waals surface area contributed by atoms with Crippen LogP contribution in [0.1, 0.15) is 11.1 Å². The van der Waals surface area contributed by atoms with Gasteiger partial charge in [-0.2, -0.15) is 0 Å². The zero-order valence-electron chi connectivity index (χ0n) is 16.8. The van der Waals surface area contributed by atoms with Gasteiger partial charge in [0.2, 0.25) is 15.7 Å². The molecule has 0 unspecified atom stereocenters. The van der Waals surface area contributed by atoms with Crippen molar-refractivity contribution in [1.29, 1.82) is 0 Å². The molecule has 4 aromatic rings. The zero-order valence-corrected chi connectivity index (χ0v) is 17.6. The van der Waals surface area contributed by atoms with Crippen molar-refractivity contribution in [3.8, 4) is 0 Å². The van der Waals surface area contributed by atoms with Crippen LogP contribution in [0.4, 0.5) is 5.69 Å². The summed E-state index contributed by atoms with van der Waals surface area (Å²) in [5, 5.41) is 3.50. The number of sulfone groups is 1. The summed E-state index contributed by atoms with van der Waals surface area (Å²) in [4.78, 5) is 13.1.